The third-order valence-corrected chi connectivity index (χ3v) is 7.60. The van der Waals surface area contributed by atoms with Crippen LogP contribution in [0.25, 0.3) is 10.4 Å². The summed E-state index contributed by atoms with van der Waals surface area (Å²) in [6.45, 7) is 0.814. The molecule has 1 aliphatic rings. The van der Waals surface area contributed by atoms with Gasteiger partial charge in [0.2, 0.25) is 5.90 Å². The van der Waals surface area contributed by atoms with Crippen molar-refractivity contribution < 1.29 is 24.1 Å². The number of aliphatic imine (C=N–C) groups is 1. The van der Waals surface area contributed by atoms with Gasteiger partial charge in [0.05, 0.1) is 20.3 Å². The zero-order chi connectivity index (χ0) is 31.5. The highest BCUT2D eigenvalue weighted by atomic mass is 16.5. The molecule has 230 valence electrons. The van der Waals surface area contributed by atoms with Gasteiger partial charge in [-0.25, -0.2) is 4.99 Å². The fraction of sp³-hybridized carbons (Fsp3) is 0.257. The van der Waals surface area contributed by atoms with Gasteiger partial charge in [-0.2, -0.15) is 0 Å². The quantitative estimate of drug-likeness (QED) is 0.0776. The molecule has 10 nitrogen and oxygen atoms in total. The Labute approximate surface area is 261 Å². The molecule has 2 N–H and O–H groups in total. The number of carbonyl (C=O) groups is 1. The molecule has 0 saturated heterocycles. The summed E-state index contributed by atoms with van der Waals surface area (Å²) in [6.07, 6.45) is -0.0364. The molecule has 0 spiro atoms. The van der Waals surface area contributed by atoms with Crippen LogP contribution in [0.1, 0.15) is 40.3 Å². The Morgan fingerprint density at radius 1 is 0.978 bits per heavy atom. The van der Waals surface area contributed by atoms with Gasteiger partial charge in [-0.05, 0) is 64.2 Å². The number of ether oxygens (including phenoxy) is 3. The largest absolute Gasteiger partial charge is 0.497 e. The molecule has 0 saturated carbocycles. The van der Waals surface area contributed by atoms with E-state index in [4.69, 9.17) is 29.8 Å². The zero-order valence-corrected chi connectivity index (χ0v) is 25.0. The Morgan fingerprint density at radius 3 is 2.40 bits per heavy atom. The Bertz CT molecular complexity index is 1650. The molecule has 0 radical (unpaired) electrons. The van der Waals surface area contributed by atoms with E-state index in [1.807, 2.05) is 103 Å². The van der Waals surface area contributed by atoms with Gasteiger partial charge in [0.1, 0.15) is 11.5 Å². The molecule has 1 heterocycles. The van der Waals surface area contributed by atoms with Gasteiger partial charge in [-0.1, -0.05) is 71.8 Å². The lowest BCUT2D eigenvalue weighted by Crippen LogP contribution is -2.49. The highest BCUT2D eigenvalue weighted by Gasteiger charge is 2.53. The van der Waals surface area contributed by atoms with E-state index in [1.165, 1.54) is 0 Å². The van der Waals surface area contributed by atoms with Crippen LogP contribution in [0.2, 0.25) is 0 Å². The zero-order valence-electron chi connectivity index (χ0n) is 25.0. The predicted molar refractivity (Wildman–Crippen MR) is 171 cm³/mol. The van der Waals surface area contributed by atoms with Crippen molar-refractivity contribution in [2.24, 2.45) is 10.1 Å². The second-order valence-electron chi connectivity index (χ2n) is 10.6. The van der Waals surface area contributed by atoms with E-state index in [0.29, 0.717) is 35.8 Å². The summed E-state index contributed by atoms with van der Waals surface area (Å²) in [7, 11) is 1.61. The molecular formula is C35H35N5O5. The predicted octanol–water partition coefficient (Wildman–Crippen LogP) is 6.08. The third-order valence-electron chi connectivity index (χ3n) is 7.60. The summed E-state index contributed by atoms with van der Waals surface area (Å²) < 4.78 is 17.6. The van der Waals surface area contributed by atoms with Gasteiger partial charge in [0.15, 0.2) is 11.6 Å². The van der Waals surface area contributed by atoms with Crippen LogP contribution in [0.3, 0.4) is 0 Å². The van der Waals surface area contributed by atoms with Crippen LogP contribution < -0.4 is 14.8 Å². The van der Waals surface area contributed by atoms with Crippen molar-refractivity contribution in [3.05, 3.63) is 141 Å². The maximum Gasteiger partial charge on any atom is 0.252 e. The molecule has 1 aliphatic heterocycles. The maximum absolute atomic E-state index is 14.5. The van der Waals surface area contributed by atoms with Crippen LogP contribution in [-0.4, -0.2) is 42.8 Å². The van der Waals surface area contributed by atoms with Crippen molar-refractivity contribution in [2.75, 3.05) is 20.3 Å². The smallest absolute Gasteiger partial charge is 0.252 e. The fourth-order valence-electron chi connectivity index (χ4n) is 5.29. The van der Waals surface area contributed by atoms with Crippen LogP contribution in [0.4, 0.5) is 0 Å². The van der Waals surface area contributed by atoms with Crippen LogP contribution in [0.15, 0.2) is 113 Å². The first-order valence-electron chi connectivity index (χ1n) is 14.7. The Morgan fingerprint density at radius 2 is 1.69 bits per heavy atom. The molecule has 5 rings (SSSR count). The molecule has 0 fully saturated rings. The lowest BCUT2D eigenvalue weighted by molar-refractivity contribution is -0.129. The molecular weight excluding hydrogens is 570 g/mol. The molecule has 2 atom stereocenters. The lowest BCUT2D eigenvalue weighted by Gasteiger charge is -2.32. The first-order chi connectivity index (χ1) is 22.1. The number of nitrogens with one attached hydrogen (secondary N) is 1. The molecule has 0 aromatic heterocycles. The van der Waals surface area contributed by atoms with Crippen molar-refractivity contribution in [3.63, 3.8) is 0 Å². The molecule has 10 heteroatoms. The number of methoxy groups -OCH3 is 1. The average molecular weight is 606 g/mol. The fourth-order valence-corrected chi connectivity index (χ4v) is 5.29. The van der Waals surface area contributed by atoms with Crippen molar-refractivity contribution in [2.45, 2.75) is 37.6 Å². The minimum absolute atomic E-state index is 0.0509. The maximum atomic E-state index is 14.5. The van der Waals surface area contributed by atoms with E-state index in [9.17, 15) is 4.79 Å². The van der Waals surface area contributed by atoms with Crippen molar-refractivity contribution in [3.8, 4) is 11.5 Å². The van der Waals surface area contributed by atoms with Gasteiger partial charge in [0, 0.05) is 36.5 Å². The van der Waals surface area contributed by atoms with Gasteiger partial charge in [-0.15, -0.1) is 0 Å². The molecule has 0 aliphatic carbocycles. The van der Waals surface area contributed by atoms with E-state index in [1.54, 1.807) is 7.11 Å². The van der Waals surface area contributed by atoms with E-state index in [2.05, 4.69) is 15.3 Å². The van der Waals surface area contributed by atoms with Gasteiger partial charge in [0.25, 0.3) is 5.91 Å². The Balaban J connectivity index is 1.57. The number of carbonyl (C=O) groups excluding carboxylic acids is 1. The lowest BCUT2D eigenvalue weighted by atomic mass is 9.80. The van der Waals surface area contributed by atoms with Gasteiger partial charge < -0.3 is 24.6 Å². The summed E-state index contributed by atoms with van der Waals surface area (Å²) in [4.78, 5) is 22.6. The summed E-state index contributed by atoms with van der Waals surface area (Å²) in [6, 6.07) is 32.0. The SMILES string of the molecule is COc1ccc(CNC(=O)[C@]2(Cc3ccccc3)N=C(c3ccc(OCCCO)cc3)O[C@@H]2c2ccccc2CN=[N+]=[N-])cc1. The third kappa shape index (κ3) is 7.44. The summed E-state index contributed by atoms with van der Waals surface area (Å²) >= 11 is 0. The summed E-state index contributed by atoms with van der Waals surface area (Å²) in [5, 5.41) is 16.0. The number of benzene rings is 4. The van der Waals surface area contributed by atoms with Crippen molar-refractivity contribution in [1.29, 1.82) is 0 Å². The van der Waals surface area contributed by atoms with Gasteiger partial charge >= 0.3 is 0 Å². The first-order valence-corrected chi connectivity index (χ1v) is 14.7. The topological polar surface area (TPSA) is 138 Å². The highest BCUT2D eigenvalue weighted by Crippen LogP contribution is 2.44. The minimum Gasteiger partial charge on any atom is -0.497 e. The number of hydrogen-bond donors (Lipinski definition) is 2. The first kappa shape index (κ1) is 31.1. The average Bonchev–Trinajstić information content (AvgIpc) is 3.47. The monoisotopic (exact) mass is 605 g/mol. The normalized spacial score (nSPS) is 17.0. The van der Waals surface area contributed by atoms with Crippen LogP contribution in [0, 0.1) is 0 Å². The van der Waals surface area contributed by atoms with E-state index >= 15 is 0 Å². The number of hydrogen-bond acceptors (Lipinski definition) is 7. The second kappa shape index (κ2) is 14.9. The summed E-state index contributed by atoms with van der Waals surface area (Å²) in [5.74, 6) is 1.39. The Hall–Kier alpha value is -5.31. The van der Waals surface area contributed by atoms with Crippen LogP contribution in [0.5, 0.6) is 11.5 Å². The second-order valence-corrected chi connectivity index (χ2v) is 10.6. The van der Waals surface area contributed by atoms with Crippen molar-refractivity contribution in [1.82, 2.24) is 5.32 Å². The van der Waals surface area contributed by atoms with Crippen LogP contribution >= 0.6 is 0 Å². The van der Waals surface area contributed by atoms with Crippen molar-refractivity contribution >= 4 is 11.8 Å². The highest BCUT2D eigenvalue weighted by molar-refractivity contribution is 6.01. The van der Waals surface area contributed by atoms with E-state index < -0.39 is 11.6 Å². The molecule has 4 aromatic rings. The summed E-state index contributed by atoms with van der Waals surface area (Å²) in [5.41, 5.74) is 11.6. The number of amides is 1. The van der Waals surface area contributed by atoms with E-state index in [0.717, 1.165) is 22.4 Å². The molecule has 4 aromatic carbocycles. The minimum atomic E-state index is -1.40. The number of azide groups is 1. The molecule has 0 bridgehead atoms. The Kier molecular flexibility index (Phi) is 10.3. The number of nitrogens with zero attached hydrogens (tertiary/aromatic N) is 4. The number of aliphatic hydroxyl groups excluding tert-OH is 1. The molecule has 1 amide bonds. The number of aliphatic hydroxyl groups is 1. The number of rotatable bonds is 14. The van der Waals surface area contributed by atoms with Crippen LogP contribution in [-0.2, 0) is 29.0 Å². The molecule has 0 unspecified atom stereocenters. The van der Waals surface area contributed by atoms with E-state index in [-0.39, 0.29) is 32.0 Å². The molecule has 45 heavy (non-hydrogen) atoms. The van der Waals surface area contributed by atoms with Gasteiger partial charge in [-0.3, -0.25) is 4.79 Å². The standard InChI is InChI=1S/C35H35N5O5/c1-43-29-16-12-26(13-17-29)23-37-34(42)35(22-25-8-3-2-4-9-25)32(31-11-6-5-10-28(31)24-38-40-36)45-33(39-35)27-14-18-30(19-15-27)44-21-7-20-41/h2-6,8-19,32,41H,7,20-24H2,1H3,(H,37,42)/t32-,35-/m1/s1.